The van der Waals surface area contributed by atoms with E-state index in [1.165, 1.54) is 0 Å². The molecule has 10 heteroatoms. The fourth-order valence-electron chi connectivity index (χ4n) is 4.58. The second kappa shape index (κ2) is 10.2. The van der Waals surface area contributed by atoms with Crippen LogP contribution in [0.1, 0.15) is 60.4 Å². The van der Waals surface area contributed by atoms with Crippen molar-refractivity contribution >= 4 is 34.6 Å². The Hall–Kier alpha value is -3.59. The van der Waals surface area contributed by atoms with E-state index in [-0.39, 0.29) is 17.7 Å². The number of aromatic nitrogens is 4. The molecule has 0 saturated carbocycles. The Bertz CT molecular complexity index is 1490. The Labute approximate surface area is 233 Å². The first-order valence-electron chi connectivity index (χ1n) is 13.2. The van der Waals surface area contributed by atoms with Crippen LogP contribution in [0.15, 0.2) is 47.3 Å². The number of halogens is 1. The van der Waals surface area contributed by atoms with Gasteiger partial charge in [-0.3, -0.25) is 4.68 Å². The molecule has 1 aliphatic rings. The normalized spacial score (nSPS) is 15.1. The summed E-state index contributed by atoms with van der Waals surface area (Å²) in [5.74, 6) is 1.15. The van der Waals surface area contributed by atoms with Crippen LogP contribution in [0.4, 0.5) is 10.6 Å². The van der Waals surface area contributed by atoms with Crippen LogP contribution in [0.2, 0.25) is 5.02 Å². The van der Waals surface area contributed by atoms with E-state index in [0.29, 0.717) is 40.9 Å². The molecule has 0 spiro atoms. The molecule has 0 radical (unpaired) electrons. The maximum atomic E-state index is 12.4. The molecule has 0 aliphatic carbocycles. The summed E-state index contributed by atoms with van der Waals surface area (Å²) in [5, 5.41) is 8.73. The van der Waals surface area contributed by atoms with Gasteiger partial charge < -0.3 is 19.4 Å². The lowest BCUT2D eigenvalue weighted by molar-refractivity contribution is 0.0185. The summed E-state index contributed by atoms with van der Waals surface area (Å²) >= 11 is 6.17. The van der Waals surface area contributed by atoms with E-state index >= 15 is 0 Å². The standard InChI is InChI=1S/C29H35ClN6O3/c1-28(2,3)34-25-22(26-33-23-14-20(30)7-8-24(23)38-26)13-18(15-31-25)19-16-32-36(17-19)21-9-11-35(12-10-21)27(37)39-29(4,5)6/h7-8,13-17,21H,9-12H2,1-6H3,(H,31,34). The van der Waals surface area contributed by atoms with Crippen LogP contribution in [0.3, 0.4) is 0 Å². The summed E-state index contributed by atoms with van der Waals surface area (Å²) in [7, 11) is 0. The van der Waals surface area contributed by atoms with Crippen molar-refractivity contribution in [1.29, 1.82) is 0 Å². The van der Waals surface area contributed by atoms with Gasteiger partial charge in [-0.05, 0) is 78.6 Å². The molecule has 1 amide bonds. The van der Waals surface area contributed by atoms with Crippen LogP contribution in [0.5, 0.6) is 0 Å². The van der Waals surface area contributed by atoms with Gasteiger partial charge >= 0.3 is 6.09 Å². The number of carbonyl (C=O) groups is 1. The molecule has 5 rings (SSSR count). The molecular formula is C29H35ClN6O3. The number of nitrogens with zero attached hydrogens (tertiary/aromatic N) is 5. The second-order valence-electron chi connectivity index (χ2n) is 12.0. The lowest BCUT2D eigenvalue weighted by atomic mass is 10.0. The summed E-state index contributed by atoms with van der Waals surface area (Å²) in [6.45, 7) is 13.2. The van der Waals surface area contributed by atoms with Crippen molar-refractivity contribution in [3.05, 3.63) is 47.9 Å². The number of hydrogen-bond acceptors (Lipinski definition) is 7. The highest BCUT2D eigenvalue weighted by atomic mass is 35.5. The summed E-state index contributed by atoms with van der Waals surface area (Å²) in [5.41, 5.74) is 3.25. The summed E-state index contributed by atoms with van der Waals surface area (Å²) in [4.78, 5) is 23.7. The minimum atomic E-state index is -0.499. The molecule has 9 nitrogen and oxygen atoms in total. The number of oxazole rings is 1. The predicted octanol–water partition coefficient (Wildman–Crippen LogP) is 7.19. The van der Waals surface area contributed by atoms with Gasteiger partial charge in [-0.15, -0.1) is 0 Å². The van der Waals surface area contributed by atoms with E-state index in [4.69, 9.17) is 30.7 Å². The minimum Gasteiger partial charge on any atom is -0.444 e. The average Bonchev–Trinajstić information content (AvgIpc) is 3.50. The quantitative estimate of drug-likeness (QED) is 0.287. The molecule has 1 N–H and O–H groups in total. The van der Waals surface area contributed by atoms with Crippen LogP contribution >= 0.6 is 11.6 Å². The number of likely N-dealkylation sites (tertiary alicyclic amines) is 1. The molecule has 0 unspecified atom stereocenters. The Morgan fingerprint density at radius 2 is 1.82 bits per heavy atom. The van der Waals surface area contributed by atoms with E-state index in [2.05, 4.69) is 31.2 Å². The summed E-state index contributed by atoms with van der Waals surface area (Å²) < 4.78 is 13.6. The average molecular weight is 551 g/mol. The predicted molar refractivity (Wildman–Crippen MR) is 153 cm³/mol. The lowest BCUT2D eigenvalue weighted by Crippen LogP contribution is -2.42. The van der Waals surface area contributed by atoms with E-state index in [1.807, 2.05) is 56.2 Å². The van der Waals surface area contributed by atoms with Gasteiger partial charge in [-0.25, -0.2) is 14.8 Å². The number of piperidine rings is 1. The molecule has 1 aromatic carbocycles. The molecule has 4 aromatic rings. The number of nitrogens with one attached hydrogen (secondary N) is 1. The van der Waals surface area contributed by atoms with E-state index in [9.17, 15) is 4.79 Å². The fourth-order valence-corrected chi connectivity index (χ4v) is 4.75. The molecule has 39 heavy (non-hydrogen) atoms. The number of rotatable bonds is 4. The SMILES string of the molecule is CC(C)(C)Nc1ncc(-c2cnn(C3CCN(C(=O)OC(C)(C)C)CC3)c2)cc1-c1nc2cc(Cl)ccc2o1. The van der Waals surface area contributed by atoms with Gasteiger partial charge in [0.1, 0.15) is 16.9 Å². The van der Waals surface area contributed by atoms with Gasteiger partial charge in [0.15, 0.2) is 5.58 Å². The molecule has 0 bridgehead atoms. The number of anilines is 1. The Balaban J connectivity index is 1.39. The number of hydrogen-bond donors (Lipinski definition) is 1. The number of ether oxygens (including phenoxy) is 1. The van der Waals surface area contributed by atoms with Crippen LogP contribution in [-0.4, -0.2) is 55.0 Å². The zero-order valence-corrected chi connectivity index (χ0v) is 24.0. The number of pyridine rings is 1. The van der Waals surface area contributed by atoms with Crippen LogP contribution < -0.4 is 5.32 Å². The smallest absolute Gasteiger partial charge is 0.410 e. The second-order valence-corrected chi connectivity index (χ2v) is 12.5. The highest BCUT2D eigenvalue weighted by Gasteiger charge is 2.28. The van der Waals surface area contributed by atoms with Gasteiger partial charge in [0.05, 0.1) is 17.8 Å². The van der Waals surface area contributed by atoms with Crippen molar-refractivity contribution in [2.24, 2.45) is 0 Å². The Kier molecular flexibility index (Phi) is 7.05. The fraction of sp³-hybridized carbons (Fsp3) is 0.448. The maximum Gasteiger partial charge on any atom is 0.410 e. The van der Waals surface area contributed by atoms with Crippen molar-refractivity contribution in [3.63, 3.8) is 0 Å². The largest absolute Gasteiger partial charge is 0.444 e. The number of benzene rings is 1. The Morgan fingerprint density at radius 3 is 2.51 bits per heavy atom. The molecule has 4 heterocycles. The third kappa shape index (κ3) is 6.36. The van der Waals surface area contributed by atoms with Gasteiger partial charge in [0.25, 0.3) is 0 Å². The molecule has 0 atom stereocenters. The van der Waals surface area contributed by atoms with E-state index in [1.54, 1.807) is 17.0 Å². The molecule has 1 fully saturated rings. The number of carbonyl (C=O) groups excluding carboxylic acids is 1. The first kappa shape index (κ1) is 27.0. The van der Waals surface area contributed by atoms with Crippen molar-refractivity contribution < 1.29 is 13.9 Å². The molecule has 1 saturated heterocycles. The summed E-state index contributed by atoms with van der Waals surface area (Å²) in [6, 6.07) is 7.62. The molecule has 206 valence electrons. The zero-order chi connectivity index (χ0) is 27.9. The molecular weight excluding hydrogens is 516 g/mol. The van der Waals surface area contributed by atoms with Gasteiger partial charge in [0.2, 0.25) is 5.89 Å². The van der Waals surface area contributed by atoms with Crippen LogP contribution in [0.25, 0.3) is 33.7 Å². The Morgan fingerprint density at radius 1 is 1.08 bits per heavy atom. The zero-order valence-electron chi connectivity index (χ0n) is 23.3. The van der Waals surface area contributed by atoms with Crippen molar-refractivity contribution in [3.8, 4) is 22.6 Å². The van der Waals surface area contributed by atoms with Gasteiger partial charge in [-0.1, -0.05) is 11.6 Å². The first-order valence-corrected chi connectivity index (χ1v) is 13.6. The monoisotopic (exact) mass is 550 g/mol. The molecule has 3 aromatic heterocycles. The van der Waals surface area contributed by atoms with Gasteiger partial charge in [0, 0.05) is 47.2 Å². The van der Waals surface area contributed by atoms with E-state index < -0.39 is 5.60 Å². The van der Waals surface area contributed by atoms with Crippen molar-refractivity contribution in [2.45, 2.75) is 71.6 Å². The van der Waals surface area contributed by atoms with Crippen molar-refractivity contribution in [1.82, 2.24) is 24.6 Å². The first-order chi connectivity index (χ1) is 18.3. The van der Waals surface area contributed by atoms with Crippen LogP contribution in [0, 0.1) is 0 Å². The lowest BCUT2D eigenvalue weighted by Gasteiger charge is -2.33. The van der Waals surface area contributed by atoms with E-state index in [0.717, 1.165) is 29.5 Å². The number of fused-ring (bicyclic) bond motifs is 1. The maximum absolute atomic E-state index is 12.4. The van der Waals surface area contributed by atoms with Gasteiger partial charge in [-0.2, -0.15) is 5.10 Å². The minimum absolute atomic E-state index is 0.202. The van der Waals surface area contributed by atoms with Crippen molar-refractivity contribution in [2.75, 3.05) is 18.4 Å². The highest BCUT2D eigenvalue weighted by Crippen LogP contribution is 2.35. The molecule has 1 aliphatic heterocycles. The highest BCUT2D eigenvalue weighted by molar-refractivity contribution is 6.31. The summed E-state index contributed by atoms with van der Waals surface area (Å²) in [6.07, 6.45) is 7.09. The topological polar surface area (TPSA) is 98.3 Å². The number of amides is 1. The third-order valence-electron chi connectivity index (χ3n) is 6.39. The van der Waals surface area contributed by atoms with Crippen LogP contribution in [-0.2, 0) is 4.74 Å². The third-order valence-corrected chi connectivity index (χ3v) is 6.62.